The van der Waals surface area contributed by atoms with E-state index in [-0.39, 0.29) is 11.9 Å². The van der Waals surface area contributed by atoms with Crippen LogP contribution in [-0.2, 0) is 4.57 Å². The summed E-state index contributed by atoms with van der Waals surface area (Å²) in [6.45, 7) is 0. The Bertz CT molecular complexity index is 328. The van der Waals surface area contributed by atoms with Gasteiger partial charge in [0.2, 0.25) is 17.5 Å². The molecule has 0 bridgehead atoms. The van der Waals surface area contributed by atoms with Gasteiger partial charge in [-0.25, -0.2) is 0 Å². The van der Waals surface area contributed by atoms with Gasteiger partial charge >= 0.3 is 7.60 Å². The van der Waals surface area contributed by atoms with Gasteiger partial charge in [-0.15, -0.1) is 0 Å². The van der Waals surface area contributed by atoms with Crippen LogP contribution in [0.3, 0.4) is 0 Å². The third kappa shape index (κ3) is 1.88. The largest absolute Gasteiger partial charge is 0.393 e. The highest BCUT2D eigenvalue weighted by molar-refractivity contribution is 7.59. The number of nitrogen functional groups attached to an aromatic ring is 2. The lowest BCUT2D eigenvalue weighted by Crippen LogP contribution is -2.19. The zero-order valence-electron chi connectivity index (χ0n) is 5.75. The average Bonchev–Trinajstić information content (AvgIpc) is 1.82. The summed E-state index contributed by atoms with van der Waals surface area (Å²) < 4.78 is 10.6. The Morgan fingerprint density at radius 2 is 1.50 bits per heavy atom. The van der Waals surface area contributed by atoms with Crippen LogP contribution in [0.2, 0.25) is 0 Å². The summed E-state index contributed by atoms with van der Waals surface area (Å²) >= 11 is 0. The van der Waals surface area contributed by atoms with Gasteiger partial charge in [-0.05, 0) is 0 Å². The number of rotatable bonds is 1. The quantitative estimate of drug-likeness (QED) is 0.366. The Labute approximate surface area is 66.8 Å². The Morgan fingerprint density at radius 1 is 1.08 bits per heavy atom. The molecule has 1 aromatic rings. The van der Waals surface area contributed by atoms with Crippen molar-refractivity contribution in [2.45, 2.75) is 0 Å². The first kappa shape index (κ1) is 8.85. The molecule has 1 heterocycles. The molecule has 0 aliphatic heterocycles. The van der Waals surface area contributed by atoms with Gasteiger partial charge in [0.05, 0.1) is 0 Å². The fourth-order valence-electron chi connectivity index (χ4n) is 0.528. The summed E-state index contributed by atoms with van der Waals surface area (Å²) in [5.74, 6) is -0.637. The fraction of sp³-hybridized carbons (Fsp3) is 0. The molecule has 0 radical (unpaired) electrons. The molecule has 66 valence electrons. The summed E-state index contributed by atoms with van der Waals surface area (Å²) in [5.41, 5.74) is 9.43. The van der Waals surface area contributed by atoms with Crippen LogP contribution in [0, 0.1) is 0 Å². The van der Waals surface area contributed by atoms with Crippen molar-refractivity contribution in [1.82, 2.24) is 15.0 Å². The number of anilines is 2. The highest BCUT2D eigenvalue weighted by Crippen LogP contribution is 2.30. The second-order valence-electron chi connectivity index (χ2n) is 1.90. The molecule has 0 fully saturated rings. The Kier molecular flexibility index (Phi) is 1.97. The molecule has 12 heavy (non-hydrogen) atoms. The van der Waals surface area contributed by atoms with E-state index in [4.69, 9.17) is 21.3 Å². The van der Waals surface area contributed by atoms with E-state index in [0.29, 0.717) is 0 Å². The van der Waals surface area contributed by atoms with Crippen molar-refractivity contribution in [3.63, 3.8) is 0 Å². The van der Waals surface area contributed by atoms with Crippen LogP contribution in [0.15, 0.2) is 0 Å². The first-order valence-corrected chi connectivity index (χ1v) is 4.34. The van der Waals surface area contributed by atoms with Crippen LogP contribution in [0.5, 0.6) is 0 Å². The van der Waals surface area contributed by atoms with E-state index in [2.05, 4.69) is 15.0 Å². The van der Waals surface area contributed by atoms with Crippen LogP contribution in [0.1, 0.15) is 0 Å². The van der Waals surface area contributed by atoms with E-state index in [9.17, 15) is 4.57 Å². The molecule has 0 saturated heterocycles. The smallest absolute Gasteiger partial charge is 0.368 e. The van der Waals surface area contributed by atoms with Crippen molar-refractivity contribution >= 4 is 25.1 Å². The lowest BCUT2D eigenvalue weighted by Gasteiger charge is -2.02. The second-order valence-corrected chi connectivity index (χ2v) is 3.38. The molecule has 6 N–H and O–H groups in total. The van der Waals surface area contributed by atoms with Gasteiger partial charge in [0.25, 0.3) is 0 Å². The first-order chi connectivity index (χ1) is 5.39. The molecule has 0 atom stereocenters. The lowest BCUT2D eigenvalue weighted by atomic mass is 10.9. The maximum absolute atomic E-state index is 10.6. The predicted molar refractivity (Wildman–Crippen MR) is 40.3 cm³/mol. The van der Waals surface area contributed by atoms with Crippen molar-refractivity contribution < 1.29 is 14.4 Å². The van der Waals surface area contributed by atoms with Gasteiger partial charge in [0.1, 0.15) is 0 Å². The van der Waals surface area contributed by atoms with Gasteiger partial charge in [-0.1, -0.05) is 0 Å². The minimum Gasteiger partial charge on any atom is -0.368 e. The maximum atomic E-state index is 10.6. The van der Waals surface area contributed by atoms with Crippen LogP contribution >= 0.6 is 7.60 Å². The highest BCUT2D eigenvalue weighted by Gasteiger charge is 2.22. The maximum Gasteiger partial charge on any atom is 0.393 e. The lowest BCUT2D eigenvalue weighted by molar-refractivity contribution is 0.385. The molecule has 8 nitrogen and oxygen atoms in total. The summed E-state index contributed by atoms with van der Waals surface area (Å²) in [6.07, 6.45) is 0. The molecule has 9 heteroatoms. The van der Waals surface area contributed by atoms with E-state index in [1.54, 1.807) is 0 Å². The molecular formula is C3H6N5O3P. The van der Waals surface area contributed by atoms with Gasteiger partial charge < -0.3 is 21.3 Å². The van der Waals surface area contributed by atoms with Crippen LogP contribution < -0.4 is 17.0 Å². The molecule has 0 aliphatic carbocycles. The van der Waals surface area contributed by atoms with Crippen molar-refractivity contribution in [2.75, 3.05) is 11.5 Å². The summed E-state index contributed by atoms with van der Waals surface area (Å²) in [7, 11) is -4.49. The third-order valence-corrected chi connectivity index (χ3v) is 1.64. The summed E-state index contributed by atoms with van der Waals surface area (Å²) in [4.78, 5) is 26.9. The van der Waals surface area contributed by atoms with E-state index in [1.165, 1.54) is 0 Å². The molecule has 0 aliphatic rings. The highest BCUT2D eigenvalue weighted by atomic mass is 31.2. The van der Waals surface area contributed by atoms with Gasteiger partial charge in [-0.2, -0.15) is 15.0 Å². The monoisotopic (exact) mass is 191 g/mol. The van der Waals surface area contributed by atoms with Gasteiger partial charge in [0, 0.05) is 0 Å². The number of hydrogen-bond donors (Lipinski definition) is 4. The van der Waals surface area contributed by atoms with Crippen LogP contribution in [0.4, 0.5) is 11.9 Å². The van der Waals surface area contributed by atoms with E-state index in [0.717, 1.165) is 0 Å². The SMILES string of the molecule is Nc1nc(N)nc(P(=O)(O)O)n1. The second kappa shape index (κ2) is 2.67. The Hall–Kier alpha value is -1.24. The topological polar surface area (TPSA) is 148 Å². The molecular weight excluding hydrogens is 185 g/mol. The summed E-state index contributed by atoms with van der Waals surface area (Å²) in [6, 6.07) is 0. The minimum atomic E-state index is -4.49. The number of hydrogen-bond acceptors (Lipinski definition) is 6. The molecule has 0 aromatic carbocycles. The molecule has 0 unspecified atom stereocenters. The van der Waals surface area contributed by atoms with Crippen LogP contribution in [0.25, 0.3) is 0 Å². The molecule has 1 aromatic heterocycles. The number of aromatic nitrogens is 3. The zero-order chi connectivity index (χ0) is 9.35. The molecule has 0 saturated carbocycles. The fourth-order valence-corrected chi connectivity index (χ4v) is 0.993. The third-order valence-electron chi connectivity index (χ3n) is 0.919. The normalized spacial score (nSPS) is 11.5. The Balaban J connectivity index is 3.27. The van der Waals surface area contributed by atoms with Gasteiger partial charge in [0.15, 0.2) is 0 Å². The van der Waals surface area contributed by atoms with Crippen molar-refractivity contribution in [3.05, 3.63) is 0 Å². The number of nitrogens with zero attached hydrogens (tertiary/aromatic N) is 3. The van der Waals surface area contributed by atoms with Crippen LogP contribution in [-0.4, -0.2) is 24.7 Å². The molecule has 0 amide bonds. The zero-order valence-corrected chi connectivity index (χ0v) is 6.64. The van der Waals surface area contributed by atoms with E-state index in [1.807, 2.05) is 0 Å². The minimum absolute atomic E-state index is 0.319. The first-order valence-electron chi connectivity index (χ1n) is 2.73. The van der Waals surface area contributed by atoms with Crippen molar-refractivity contribution in [3.8, 4) is 0 Å². The Morgan fingerprint density at radius 3 is 1.83 bits per heavy atom. The summed E-state index contributed by atoms with van der Waals surface area (Å²) in [5, 5.41) is 0. The van der Waals surface area contributed by atoms with E-state index >= 15 is 0 Å². The predicted octanol–water partition coefficient (Wildman–Crippen LogP) is -2.16. The molecule has 0 spiro atoms. The van der Waals surface area contributed by atoms with Gasteiger partial charge in [-0.3, -0.25) is 4.57 Å². The standard InChI is InChI=1S/C3H6N5O3P/c4-1-6-2(5)8-3(7-1)12(9,10)11/h(H2,9,10,11)(H4,4,5,6,7,8). The van der Waals surface area contributed by atoms with E-state index < -0.39 is 13.2 Å². The molecule has 1 rings (SSSR count). The van der Waals surface area contributed by atoms with Crippen molar-refractivity contribution in [1.29, 1.82) is 0 Å². The average molecular weight is 191 g/mol. The number of nitrogens with two attached hydrogens (primary N) is 2. The van der Waals surface area contributed by atoms with Crippen molar-refractivity contribution in [2.24, 2.45) is 0 Å².